The predicted molar refractivity (Wildman–Crippen MR) is 83.2 cm³/mol. The van der Waals surface area contributed by atoms with Crippen molar-refractivity contribution >= 4 is 23.0 Å². The standard InChI is InChI=1S/C16H12FN3O3/c1-9-16(21)19-14-7-6-10(20(22)23)8-12(14)15(18-9)11-4-2-3-5-13(11)17/h2-9H,1H3,(H,19,21)/t9-/m1/s1. The molecule has 7 heteroatoms. The molecule has 0 aromatic heterocycles. The van der Waals surface area contributed by atoms with Gasteiger partial charge in [0.05, 0.1) is 16.3 Å². The number of fused-ring (bicyclic) bond motifs is 1. The number of non-ortho nitro benzene ring substituents is 1. The lowest BCUT2D eigenvalue weighted by Gasteiger charge is -2.10. The number of hydrogen-bond donors (Lipinski definition) is 1. The number of halogens is 1. The molecule has 0 aliphatic carbocycles. The summed E-state index contributed by atoms with van der Waals surface area (Å²) in [6.07, 6.45) is 0. The highest BCUT2D eigenvalue weighted by atomic mass is 19.1. The van der Waals surface area contributed by atoms with E-state index in [-0.39, 0.29) is 22.9 Å². The third-order valence-electron chi connectivity index (χ3n) is 3.56. The van der Waals surface area contributed by atoms with E-state index in [4.69, 9.17) is 0 Å². The van der Waals surface area contributed by atoms with E-state index >= 15 is 0 Å². The minimum Gasteiger partial charge on any atom is -0.324 e. The lowest BCUT2D eigenvalue weighted by atomic mass is 9.99. The molecule has 1 N–H and O–H groups in total. The zero-order valence-corrected chi connectivity index (χ0v) is 12.1. The van der Waals surface area contributed by atoms with Crippen LogP contribution in [0, 0.1) is 15.9 Å². The smallest absolute Gasteiger partial charge is 0.270 e. The third kappa shape index (κ3) is 2.68. The second-order valence-corrected chi connectivity index (χ2v) is 5.11. The Morgan fingerprint density at radius 3 is 2.65 bits per heavy atom. The number of benzodiazepines with no additional fused rings is 1. The van der Waals surface area contributed by atoms with Crippen LogP contribution in [-0.4, -0.2) is 22.6 Å². The summed E-state index contributed by atoms with van der Waals surface area (Å²) in [5.74, 6) is -0.864. The fourth-order valence-electron chi connectivity index (χ4n) is 2.38. The third-order valence-corrected chi connectivity index (χ3v) is 3.56. The second-order valence-electron chi connectivity index (χ2n) is 5.11. The Hall–Kier alpha value is -3.09. The van der Waals surface area contributed by atoms with Gasteiger partial charge < -0.3 is 5.32 Å². The van der Waals surface area contributed by atoms with Crippen LogP contribution >= 0.6 is 0 Å². The first kappa shape index (κ1) is 14.8. The van der Waals surface area contributed by atoms with Crippen LogP contribution in [-0.2, 0) is 4.79 Å². The molecule has 1 atom stereocenters. The number of benzene rings is 2. The first-order valence-corrected chi connectivity index (χ1v) is 6.90. The molecule has 0 radical (unpaired) electrons. The molecule has 0 saturated heterocycles. The van der Waals surface area contributed by atoms with E-state index in [9.17, 15) is 19.3 Å². The topological polar surface area (TPSA) is 84.6 Å². The second kappa shape index (κ2) is 5.60. The van der Waals surface area contributed by atoms with Crippen LogP contribution in [0.3, 0.4) is 0 Å². The van der Waals surface area contributed by atoms with Gasteiger partial charge in [0.15, 0.2) is 0 Å². The molecular weight excluding hydrogens is 301 g/mol. The maximum atomic E-state index is 14.2. The van der Waals surface area contributed by atoms with Gasteiger partial charge in [-0.1, -0.05) is 12.1 Å². The Morgan fingerprint density at radius 2 is 1.96 bits per heavy atom. The van der Waals surface area contributed by atoms with Gasteiger partial charge in [0.1, 0.15) is 11.9 Å². The zero-order chi connectivity index (χ0) is 16.6. The highest BCUT2D eigenvalue weighted by Gasteiger charge is 2.25. The van der Waals surface area contributed by atoms with Gasteiger partial charge in [-0.25, -0.2) is 4.39 Å². The number of nitro groups is 1. The van der Waals surface area contributed by atoms with Gasteiger partial charge in [0.25, 0.3) is 5.69 Å². The number of carbonyl (C=O) groups is 1. The molecule has 1 amide bonds. The molecule has 2 aromatic rings. The molecule has 6 nitrogen and oxygen atoms in total. The number of nitro benzene ring substituents is 1. The van der Waals surface area contributed by atoms with Gasteiger partial charge >= 0.3 is 0 Å². The van der Waals surface area contributed by atoms with E-state index < -0.39 is 16.8 Å². The highest BCUT2D eigenvalue weighted by molar-refractivity contribution is 6.20. The summed E-state index contributed by atoms with van der Waals surface area (Å²) in [6.45, 7) is 1.58. The number of nitrogens with one attached hydrogen (secondary N) is 1. The van der Waals surface area contributed by atoms with Crippen molar-refractivity contribution in [2.45, 2.75) is 13.0 Å². The lowest BCUT2D eigenvalue weighted by molar-refractivity contribution is -0.384. The summed E-state index contributed by atoms with van der Waals surface area (Å²) >= 11 is 0. The van der Waals surface area contributed by atoms with Gasteiger partial charge in [-0.05, 0) is 25.1 Å². The molecule has 1 heterocycles. The minimum absolute atomic E-state index is 0.156. The van der Waals surface area contributed by atoms with Crippen molar-refractivity contribution < 1.29 is 14.1 Å². The van der Waals surface area contributed by atoms with E-state index in [1.165, 1.54) is 36.4 Å². The first-order valence-electron chi connectivity index (χ1n) is 6.90. The van der Waals surface area contributed by atoms with Crippen molar-refractivity contribution in [3.05, 3.63) is 69.5 Å². The highest BCUT2D eigenvalue weighted by Crippen LogP contribution is 2.28. The minimum atomic E-state index is -0.740. The predicted octanol–water partition coefficient (Wildman–Crippen LogP) is 2.91. The number of carbonyl (C=O) groups excluding carboxylic acids is 1. The summed E-state index contributed by atoms with van der Waals surface area (Å²) in [6, 6.07) is 9.25. The molecular formula is C16H12FN3O3. The van der Waals surface area contributed by atoms with E-state index in [1.54, 1.807) is 13.0 Å². The molecule has 116 valence electrons. The largest absolute Gasteiger partial charge is 0.324 e. The van der Waals surface area contributed by atoms with Gasteiger partial charge in [0, 0.05) is 23.3 Å². The molecule has 0 bridgehead atoms. The zero-order valence-electron chi connectivity index (χ0n) is 12.1. The number of hydrogen-bond acceptors (Lipinski definition) is 4. The first-order chi connectivity index (χ1) is 11.0. The maximum absolute atomic E-state index is 14.2. The Morgan fingerprint density at radius 1 is 1.22 bits per heavy atom. The van der Waals surface area contributed by atoms with Crippen molar-refractivity contribution in [2.75, 3.05) is 5.32 Å². The summed E-state index contributed by atoms with van der Waals surface area (Å²) in [4.78, 5) is 26.8. The number of aliphatic imine (C=N–C) groups is 1. The molecule has 23 heavy (non-hydrogen) atoms. The van der Waals surface area contributed by atoms with Crippen molar-refractivity contribution in [3.63, 3.8) is 0 Å². The molecule has 0 fully saturated rings. The van der Waals surface area contributed by atoms with E-state index in [0.717, 1.165) is 0 Å². The molecule has 1 aliphatic heterocycles. The SMILES string of the molecule is C[C@H]1N=C(c2ccccc2F)c2cc([N+](=O)[O-])ccc2NC1=O. The average Bonchev–Trinajstić information content (AvgIpc) is 2.64. The Labute approximate surface area is 130 Å². The van der Waals surface area contributed by atoms with Crippen LogP contribution in [0.1, 0.15) is 18.1 Å². The maximum Gasteiger partial charge on any atom is 0.270 e. The van der Waals surface area contributed by atoms with Crippen LogP contribution in [0.4, 0.5) is 15.8 Å². The average molecular weight is 313 g/mol. The molecule has 2 aromatic carbocycles. The number of rotatable bonds is 2. The Kier molecular flexibility index (Phi) is 3.61. The van der Waals surface area contributed by atoms with Crippen LogP contribution in [0.2, 0.25) is 0 Å². The fraction of sp³-hybridized carbons (Fsp3) is 0.125. The Balaban J connectivity index is 2.27. The van der Waals surface area contributed by atoms with E-state index in [2.05, 4.69) is 10.3 Å². The van der Waals surface area contributed by atoms with Gasteiger partial charge in [-0.15, -0.1) is 0 Å². The number of nitrogens with zero attached hydrogens (tertiary/aromatic N) is 2. The quantitative estimate of drug-likeness (QED) is 0.683. The molecule has 0 saturated carbocycles. The van der Waals surface area contributed by atoms with Crippen molar-refractivity contribution in [3.8, 4) is 0 Å². The van der Waals surface area contributed by atoms with E-state index in [1.807, 2.05) is 0 Å². The van der Waals surface area contributed by atoms with Gasteiger partial charge in [-0.3, -0.25) is 19.9 Å². The summed E-state index contributed by atoms with van der Waals surface area (Å²) < 4.78 is 14.2. The van der Waals surface area contributed by atoms with Crippen molar-refractivity contribution in [1.82, 2.24) is 0 Å². The summed E-state index contributed by atoms with van der Waals surface area (Å²) in [5.41, 5.74) is 0.941. The van der Waals surface area contributed by atoms with Crippen molar-refractivity contribution in [2.24, 2.45) is 4.99 Å². The normalized spacial score (nSPS) is 16.9. The summed E-state index contributed by atoms with van der Waals surface area (Å²) in [7, 11) is 0. The number of anilines is 1. The van der Waals surface area contributed by atoms with Crippen LogP contribution in [0.15, 0.2) is 47.5 Å². The monoisotopic (exact) mass is 313 g/mol. The molecule has 1 aliphatic rings. The fourth-order valence-corrected chi connectivity index (χ4v) is 2.38. The van der Waals surface area contributed by atoms with Gasteiger partial charge in [0.2, 0.25) is 5.91 Å². The van der Waals surface area contributed by atoms with Crippen molar-refractivity contribution in [1.29, 1.82) is 0 Å². The van der Waals surface area contributed by atoms with Gasteiger partial charge in [-0.2, -0.15) is 0 Å². The molecule has 0 unspecified atom stereocenters. The summed E-state index contributed by atoms with van der Waals surface area (Å²) in [5, 5.41) is 13.7. The Bertz CT molecular complexity index is 848. The van der Waals surface area contributed by atoms with E-state index in [0.29, 0.717) is 11.3 Å². The van der Waals surface area contributed by atoms with Crippen LogP contribution < -0.4 is 5.32 Å². The molecule has 0 spiro atoms. The number of amides is 1. The van der Waals surface area contributed by atoms with Crippen LogP contribution in [0.25, 0.3) is 0 Å². The van der Waals surface area contributed by atoms with Crippen LogP contribution in [0.5, 0.6) is 0 Å². The molecule has 3 rings (SSSR count). The lowest BCUT2D eigenvalue weighted by Crippen LogP contribution is -2.22.